The third kappa shape index (κ3) is 5.99. The first-order chi connectivity index (χ1) is 15.2. The van der Waals surface area contributed by atoms with Crippen LogP contribution in [0, 0.1) is 5.82 Å². The van der Waals surface area contributed by atoms with Crippen LogP contribution < -0.4 is 15.5 Å². The van der Waals surface area contributed by atoms with E-state index in [1.807, 2.05) is 0 Å². The zero-order valence-electron chi connectivity index (χ0n) is 17.0. The summed E-state index contributed by atoms with van der Waals surface area (Å²) in [5, 5.41) is 3.30. The van der Waals surface area contributed by atoms with E-state index < -0.39 is 17.6 Å². The van der Waals surface area contributed by atoms with Gasteiger partial charge in [-0.05, 0) is 36.8 Å². The number of hydrogen-bond donors (Lipinski definition) is 1. The van der Waals surface area contributed by atoms with Gasteiger partial charge in [0.2, 0.25) is 0 Å². The Morgan fingerprint density at radius 2 is 1.94 bits per heavy atom. The van der Waals surface area contributed by atoms with Crippen molar-refractivity contribution in [2.45, 2.75) is 6.42 Å². The molecular formula is C22H19Cl2FN2O5. The Bertz CT molecular complexity index is 1210. The minimum Gasteiger partial charge on any atom is -0.484 e. The van der Waals surface area contributed by atoms with E-state index in [-0.39, 0.29) is 40.7 Å². The monoisotopic (exact) mass is 480 g/mol. The van der Waals surface area contributed by atoms with E-state index in [2.05, 4.69) is 5.32 Å². The fraction of sp³-hybridized carbons (Fsp3) is 0.227. The molecule has 3 aromatic rings. The quantitative estimate of drug-likeness (QED) is 0.494. The number of amides is 2. The lowest BCUT2D eigenvalue weighted by molar-refractivity contribution is -0.123. The molecule has 32 heavy (non-hydrogen) atoms. The van der Waals surface area contributed by atoms with Crippen LogP contribution in [0.15, 0.2) is 51.7 Å². The summed E-state index contributed by atoms with van der Waals surface area (Å²) < 4.78 is 24.1. The fourth-order valence-corrected chi connectivity index (χ4v) is 3.12. The van der Waals surface area contributed by atoms with Crippen LogP contribution in [0.5, 0.6) is 5.75 Å². The summed E-state index contributed by atoms with van der Waals surface area (Å²) in [5.41, 5.74) is -0.0928. The summed E-state index contributed by atoms with van der Waals surface area (Å²) in [7, 11) is 1.56. The molecule has 1 N–H and O–H groups in total. The van der Waals surface area contributed by atoms with Crippen molar-refractivity contribution in [1.82, 2.24) is 10.2 Å². The lowest BCUT2D eigenvalue weighted by Crippen LogP contribution is -2.33. The average Bonchev–Trinajstić information content (AvgIpc) is 2.77. The van der Waals surface area contributed by atoms with E-state index >= 15 is 0 Å². The Hall–Kier alpha value is -3.10. The molecule has 0 bridgehead atoms. The molecule has 0 atom stereocenters. The van der Waals surface area contributed by atoms with Crippen LogP contribution in [0.25, 0.3) is 11.0 Å². The molecule has 0 aliphatic heterocycles. The average molecular weight is 481 g/mol. The molecule has 0 unspecified atom stereocenters. The number of rotatable bonds is 8. The molecule has 0 spiro atoms. The van der Waals surface area contributed by atoms with Crippen molar-refractivity contribution in [2.75, 3.05) is 26.7 Å². The number of benzene rings is 2. The van der Waals surface area contributed by atoms with Gasteiger partial charge in [-0.25, -0.2) is 4.39 Å². The van der Waals surface area contributed by atoms with E-state index in [1.54, 1.807) is 13.1 Å². The van der Waals surface area contributed by atoms with E-state index in [4.69, 9.17) is 32.4 Å². The molecule has 10 heteroatoms. The van der Waals surface area contributed by atoms with Gasteiger partial charge in [-0.1, -0.05) is 23.2 Å². The minimum atomic E-state index is -0.636. The second-order valence-electron chi connectivity index (χ2n) is 6.91. The highest BCUT2D eigenvalue weighted by atomic mass is 35.5. The zero-order valence-corrected chi connectivity index (χ0v) is 18.5. The first-order valence-corrected chi connectivity index (χ1v) is 10.3. The Morgan fingerprint density at radius 1 is 1.16 bits per heavy atom. The number of nitrogens with zero attached hydrogens (tertiary/aromatic N) is 1. The third-order valence-corrected chi connectivity index (χ3v) is 5.04. The third-order valence-electron chi connectivity index (χ3n) is 4.50. The smallest absolute Gasteiger partial charge is 0.289 e. The Labute approximate surface area is 192 Å². The summed E-state index contributed by atoms with van der Waals surface area (Å²) in [4.78, 5) is 38.1. The van der Waals surface area contributed by atoms with E-state index in [0.717, 1.165) is 12.1 Å². The van der Waals surface area contributed by atoms with Crippen LogP contribution in [0.1, 0.15) is 17.0 Å². The second kappa shape index (κ2) is 10.5. The lowest BCUT2D eigenvalue weighted by Gasteiger charge is -2.16. The van der Waals surface area contributed by atoms with Crippen molar-refractivity contribution in [1.29, 1.82) is 0 Å². The number of carbonyl (C=O) groups excluding carboxylic acids is 2. The molecule has 1 aromatic heterocycles. The number of fused-ring (bicyclic) bond motifs is 1. The van der Waals surface area contributed by atoms with E-state index in [0.29, 0.717) is 23.4 Å². The molecule has 0 saturated carbocycles. The first kappa shape index (κ1) is 23.6. The molecule has 0 fully saturated rings. The standard InChI is InChI=1S/C22H19Cl2FN2O5/c1-27(22(30)20-11-18(28)15-9-13(23)3-6-19(15)32-20)8-2-7-26-21(29)12-31-14-4-5-16(24)17(25)10-14/h3-6,9-11H,2,7-8,12H2,1H3,(H,26,29). The molecule has 3 rings (SSSR count). The maximum atomic E-state index is 13.4. The largest absolute Gasteiger partial charge is 0.484 e. The number of hydrogen-bond acceptors (Lipinski definition) is 5. The van der Waals surface area contributed by atoms with Crippen LogP contribution in [0.4, 0.5) is 4.39 Å². The predicted octanol–water partition coefficient (Wildman–Crippen LogP) is 3.90. The normalized spacial score (nSPS) is 10.8. The maximum Gasteiger partial charge on any atom is 0.289 e. The van der Waals surface area contributed by atoms with Crippen LogP contribution in [0.3, 0.4) is 0 Å². The molecule has 168 valence electrons. The highest BCUT2D eigenvalue weighted by Gasteiger charge is 2.17. The van der Waals surface area contributed by atoms with Crippen LogP contribution in [-0.2, 0) is 4.79 Å². The van der Waals surface area contributed by atoms with Crippen LogP contribution in [-0.4, -0.2) is 43.5 Å². The van der Waals surface area contributed by atoms with Gasteiger partial charge in [0, 0.05) is 37.3 Å². The number of carbonyl (C=O) groups is 2. The Morgan fingerprint density at radius 3 is 2.69 bits per heavy atom. The van der Waals surface area contributed by atoms with Gasteiger partial charge in [0.25, 0.3) is 11.8 Å². The van der Waals surface area contributed by atoms with Gasteiger partial charge in [0.15, 0.2) is 17.8 Å². The minimum absolute atomic E-state index is 0.0344. The topological polar surface area (TPSA) is 88.9 Å². The Kier molecular flexibility index (Phi) is 7.71. The molecule has 0 saturated heterocycles. The van der Waals surface area contributed by atoms with Crippen molar-refractivity contribution in [3.05, 3.63) is 74.3 Å². The second-order valence-corrected chi connectivity index (χ2v) is 7.75. The summed E-state index contributed by atoms with van der Waals surface area (Å²) in [5.74, 6) is -1.39. The van der Waals surface area contributed by atoms with Crippen molar-refractivity contribution >= 4 is 46.0 Å². The van der Waals surface area contributed by atoms with Gasteiger partial charge in [-0.15, -0.1) is 0 Å². The summed E-state index contributed by atoms with van der Waals surface area (Å²) >= 11 is 11.5. The highest BCUT2D eigenvalue weighted by molar-refractivity contribution is 6.31. The van der Waals surface area contributed by atoms with Crippen LogP contribution in [0.2, 0.25) is 10.0 Å². The Balaban J connectivity index is 1.45. The molecule has 0 aliphatic rings. The van der Waals surface area contributed by atoms with Gasteiger partial charge in [0.1, 0.15) is 17.1 Å². The first-order valence-electron chi connectivity index (χ1n) is 9.58. The van der Waals surface area contributed by atoms with E-state index in [9.17, 15) is 18.8 Å². The summed E-state index contributed by atoms with van der Waals surface area (Å²) in [6.07, 6.45) is 0.455. The van der Waals surface area contributed by atoms with Gasteiger partial charge in [-0.2, -0.15) is 0 Å². The predicted molar refractivity (Wildman–Crippen MR) is 119 cm³/mol. The molecular weight excluding hydrogens is 462 g/mol. The number of ether oxygens (including phenoxy) is 1. The van der Waals surface area contributed by atoms with Crippen molar-refractivity contribution in [2.24, 2.45) is 0 Å². The van der Waals surface area contributed by atoms with Crippen molar-refractivity contribution < 1.29 is 23.1 Å². The maximum absolute atomic E-state index is 13.4. The summed E-state index contributed by atoms with van der Waals surface area (Å²) in [6.45, 7) is 0.307. The van der Waals surface area contributed by atoms with Gasteiger partial charge in [0.05, 0.1) is 10.4 Å². The zero-order chi connectivity index (χ0) is 23.3. The van der Waals surface area contributed by atoms with Crippen molar-refractivity contribution in [3.63, 3.8) is 0 Å². The molecule has 7 nitrogen and oxygen atoms in total. The fourth-order valence-electron chi connectivity index (χ4n) is 2.83. The molecule has 0 radical (unpaired) electrons. The molecule has 0 aliphatic carbocycles. The molecule has 2 amide bonds. The number of halogens is 3. The van der Waals surface area contributed by atoms with Crippen molar-refractivity contribution in [3.8, 4) is 5.75 Å². The van der Waals surface area contributed by atoms with Gasteiger partial charge in [-0.3, -0.25) is 14.4 Å². The number of nitrogens with one attached hydrogen (secondary N) is 1. The summed E-state index contributed by atoms with van der Waals surface area (Å²) in [6, 6.07) is 9.61. The van der Waals surface area contributed by atoms with E-state index in [1.165, 1.54) is 29.2 Å². The van der Waals surface area contributed by atoms with Crippen LogP contribution >= 0.6 is 23.2 Å². The lowest BCUT2D eigenvalue weighted by atomic mass is 10.2. The van der Waals surface area contributed by atoms with Gasteiger partial charge < -0.3 is 19.4 Å². The highest BCUT2D eigenvalue weighted by Crippen LogP contribution is 2.20. The van der Waals surface area contributed by atoms with Gasteiger partial charge >= 0.3 is 0 Å². The SMILES string of the molecule is CN(CCCNC(=O)COc1ccc(Cl)c(F)c1)C(=O)c1cc(=O)c2cc(Cl)ccc2o1. The molecule has 2 aromatic carbocycles. The molecule has 1 heterocycles.